The van der Waals surface area contributed by atoms with Crippen LogP contribution in [0, 0.1) is 11.8 Å². The minimum Gasteiger partial charge on any atom is -0.352 e. The van der Waals surface area contributed by atoms with Crippen LogP contribution in [0.15, 0.2) is 24.3 Å². The Bertz CT molecular complexity index is 652. The first-order valence-electron chi connectivity index (χ1n) is 8.56. The van der Waals surface area contributed by atoms with Gasteiger partial charge in [-0.1, -0.05) is 31.2 Å². The van der Waals surface area contributed by atoms with Gasteiger partial charge in [-0.25, -0.2) is 8.42 Å². The predicted octanol–water partition coefficient (Wildman–Crippen LogP) is 1.87. The zero-order valence-corrected chi connectivity index (χ0v) is 15.4. The molecular formula is C18H28N2O3S. The van der Waals surface area contributed by atoms with E-state index in [1.165, 1.54) is 19.1 Å². The highest BCUT2D eigenvalue weighted by Gasteiger charge is 2.21. The number of piperidine rings is 1. The van der Waals surface area contributed by atoms with Gasteiger partial charge in [0.1, 0.15) is 0 Å². The first kappa shape index (κ1) is 18.9. The van der Waals surface area contributed by atoms with Gasteiger partial charge in [0.05, 0.1) is 5.75 Å². The van der Waals surface area contributed by atoms with Crippen LogP contribution < -0.4 is 10.6 Å². The van der Waals surface area contributed by atoms with Crippen molar-refractivity contribution in [3.05, 3.63) is 35.4 Å². The van der Waals surface area contributed by atoms with E-state index in [1.54, 1.807) is 6.07 Å². The second-order valence-corrected chi connectivity index (χ2v) is 9.09. The van der Waals surface area contributed by atoms with E-state index >= 15 is 0 Å². The molecule has 0 spiro atoms. The van der Waals surface area contributed by atoms with Crippen molar-refractivity contribution in [1.82, 2.24) is 10.6 Å². The minimum absolute atomic E-state index is 0.0283. The van der Waals surface area contributed by atoms with Gasteiger partial charge in [-0.3, -0.25) is 4.79 Å². The molecule has 1 aliphatic heterocycles. The third kappa shape index (κ3) is 6.61. The monoisotopic (exact) mass is 352 g/mol. The molecule has 6 heteroatoms. The van der Waals surface area contributed by atoms with Crippen LogP contribution >= 0.6 is 0 Å². The van der Waals surface area contributed by atoms with E-state index in [1.807, 2.05) is 18.2 Å². The summed E-state index contributed by atoms with van der Waals surface area (Å²) >= 11 is 0. The lowest BCUT2D eigenvalue weighted by molar-refractivity contribution is -0.122. The SMILES string of the molecule is CC(CC(=O)NCc1cccc(CS(C)(=O)=O)c1)C1CCCNC1. The van der Waals surface area contributed by atoms with Crippen LogP contribution in [0.5, 0.6) is 0 Å². The van der Waals surface area contributed by atoms with Gasteiger partial charge >= 0.3 is 0 Å². The Hall–Kier alpha value is -1.40. The van der Waals surface area contributed by atoms with Gasteiger partial charge in [-0.15, -0.1) is 0 Å². The molecule has 1 heterocycles. The Morgan fingerprint density at radius 2 is 2.12 bits per heavy atom. The fourth-order valence-electron chi connectivity index (χ4n) is 3.23. The maximum absolute atomic E-state index is 12.2. The van der Waals surface area contributed by atoms with Crippen LogP contribution in [0.25, 0.3) is 0 Å². The fourth-order valence-corrected chi connectivity index (χ4v) is 4.01. The minimum atomic E-state index is -3.05. The smallest absolute Gasteiger partial charge is 0.220 e. The highest BCUT2D eigenvalue weighted by atomic mass is 32.2. The molecule has 0 aromatic heterocycles. The highest BCUT2D eigenvalue weighted by molar-refractivity contribution is 7.89. The molecule has 24 heavy (non-hydrogen) atoms. The van der Waals surface area contributed by atoms with Crippen LogP contribution in [0.3, 0.4) is 0 Å². The van der Waals surface area contributed by atoms with Crippen molar-refractivity contribution in [3.63, 3.8) is 0 Å². The van der Waals surface area contributed by atoms with Gasteiger partial charge in [0.25, 0.3) is 0 Å². The van der Waals surface area contributed by atoms with Gasteiger partial charge in [0, 0.05) is 19.2 Å². The molecular weight excluding hydrogens is 324 g/mol. The second kappa shape index (κ2) is 8.62. The number of benzene rings is 1. The van der Waals surface area contributed by atoms with E-state index in [9.17, 15) is 13.2 Å². The molecule has 1 saturated heterocycles. The van der Waals surface area contributed by atoms with Gasteiger partial charge in [0.2, 0.25) is 5.91 Å². The molecule has 1 aliphatic rings. The molecule has 1 fully saturated rings. The Balaban J connectivity index is 1.81. The lowest BCUT2D eigenvalue weighted by Gasteiger charge is -2.28. The Morgan fingerprint density at radius 1 is 1.38 bits per heavy atom. The van der Waals surface area contributed by atoms with E-state index < -0.39 is 9.84 Å². The molecule has 2 rings (SSSR count). The van der Waals surface area contributed by atoms with Crippen molar-refractivity contribution in [3.8, 4) is 0 Å². The predicted molar refractivity (Wildman–Crippen MR) is 96.2 cm³/mol. The van der Waals surface area contributed by atoms with Crippen molar-refractivity contribution < 1.29 is 13.2 Å². The summed E-state index contributed by atoms with van der Waals surface area (Å²) in [4.78, 5) is 12.2. The first-order chi connectivity index (χ1) is 11.3. The number of hydrogen-bond acceptors (Lipinski definition) is 4. The number of nitrogens with one attached hydrogen (secondary N) is 2. The number of hydrogen-bond donors (Lipinski definition) is 2. The summed E-state index contributed by atoms with van der Waals surface area (Å²) in [6.07, 6.45) is 4.14. The second-order valence-electron chi connectivity index (χ2n) is 6.95. The Morgan fingerprint density at radius 3 is 2.79 bits per heavy atom. The molecule has 0 saturated carbocycles. The molecule has 0 radical (unpaired) electrons. The molecule has 0 aliphatic carbocycles. The standard InChI is InChI=1S/C18H28N2O3S/c1-14(17-7-4-8-19-12-17)9-18(21)20-11-15-5-3-6-16(10-15)13-24(2,22)23/h3,5-6,10,14,17,19H,4,7-9,11-13H2,1-2H3,(H,20,21). The van der Waals surface area contributed by atoms with Gasteiger partial charge < -0.3 is 10.6 Å². The van der Waals surface area contributed by atoms with Gasteiger partial charge in [0.15, 0.2) is 9.84 Å². The summed E-state index contributed by atoms with van der Waals surface area (Å²) < 4.78 is 22.7. The topological polar surface area (TPSA) is 75.3 Å². The first-order valence-corrected chi connectivity index (χ1v) is 10.6. The van der Waals surface area contributed by atoms with Crippen LogP contribution in [0.1, 0.15) is 37.3 Å². The summed E-state index contributed by atoms with van der Waals surface area (Å²) in [6, 6.07) is 7.37. The van der Waals surface area contributed by atoms with Crippen LogP contribution in [0.4, 0.5) is 0 Å². The fraction of sp³-hybridized carbons (Fsp3) is 0.611. The Labute approximate surface area is 145 Å². The lowest BCUT2D eigenvalue weighted by Crippen LogP contribution is -2.35. The molecule has 1 aromatic carbocycles. The largest absolute Gasteiger partial charge is 0.352 e. The quantitative estimate of drug-likeness (QED) is 0.786. The van der Waals surface area contributed by atoms with E-state index in [0.29, 0.717) is 24.8 Å². The summed E-state index contributed by atoms with van der Waals surface area (Å²) in [5.41, 5.74) is 1.68. The van der Waals surface area contributed by atoms with Crippen molar-refractivity contribution in [2.24, 2.45) is 11.8 Å². The molecule has 1 aromatic rings. The molecule has 2 N–H and O–H groups in total. The van der Waals surface area contributed by atoms with E-state index in [2.05, 4.69) is 17.6 Å². The van der Waals surface area contributed by atoms with E-state index in [4.69, 9.17) is 0 Å². The van der Waals surface area contributed by atoms with E-state index in [-0.39, 0.29) is 11.7 Å². The van der Waals surface area contributed by atoms with Crippen molar-refractivity contribution >= 4 is 15.7 Å². The van der Waals surface area contributed by atoms with Crippen molar-refractivity contribution in [2.45, 2.75) is 38.5 Å². The third-order valence-electron chi connectivity index (χ3n) is 4.56. The summed E-state index contributed by atoms with van der Waals surface area (Å²) in [6.45, 7) is 4.66. The average Bonchev–Trinajstić information content (AvgIpc) is 2.52. The van der Waals surface area contributed by atoms with Crippen LogP contribution in [-0.4, -0.2) is 33.7 Å². The van der Waals surface area contributed by atoms with Crippen molar-refractivity contribution in [2.75, 3.05) is 19.3 Å². The third-order valence-corrected chi connectivity index (χ3v) is 5.41. The van der Waals surface area contributed by atoms with Crippen molar-refractivity contribution in [1.29, 1.82) is 0 Å². The molecule has 0 bridgehead atoms. The number of rotatable bonds is 7. The maximum atomic E-state index is 12.2. The van der Waals surface area contributed by atoms with Crippen LogP contribution in [-0.2, 0) is 26.9 Å². The summed E-state index contributed by atoms with van der Waals surface area (Å²) in [5.74, 6) is 1.03. The lowest BCUT2D eigenvalue weighted by atomic mass is 9.85. The molecule has 134 valence electrons. The zero-order chi connectivity index (χ0) is 17.6. The molecule has 2 unspecified atom stereocenters. The zero-order valence-electron chi connectivity index (χ0n) is 14.5. The molecule has 5 nitrogen and oxygen atoms in total. The number of carbonyl (C=O) groups is 1. The average molecular weight is 353 g/mol. The summed E-state index contributed by atoms with van der Waals surface area (Å²) in [7, 11) is -3.05. The normalized spacial score (nSPS) is 19.7. The van der Waals surface area contributed by atoms with Gasteiger partial charge in [-0.2, -0.15) is 0 Å². The maximum Gasteiger partial charge on any atom is 0.220 e. The number of carbonyl (C=O) groups excluding carboxylic acids is 1. The molecule has 2 atom stereocenters. The highest BCUT2D eigenvalue weighted by Crippen LogP contribution is 2.22. The van der Waals surface area contributed by atoms with Gasteiger partial charge in [-0.05, 0) is 48.9 Å². The Kier molecular flexibility index (Phi) is 6.80. The molecule has 1 amide bonds. The summed E-state index contributed by atoms with van der Waals surface area (Å²) in [5, 5.41) is 6.34. The van der Waals surface area contributed by atoms with Crippen LogP contribution in [0.2, 0.25) is 0 Å². The number of amides is 1. The number of sulfone groups is 1. The van der Waals surface area contributed by atoms with E-state index in [0.717, 1.165) is 24.2 Å².